The fourth-order valence-corrected chi connectivity index (χ4v) is 6.12. The van der Waals surface area contributed by atoms with Gasteiger partial charge in [-0.05, 0) is 69.2 Å². The number of amides is 1. The van der Waals surface area contributed by atoms with E-state index in [0.29, 0.717) is 24.1 Å². The van der Waals surface area contributed by atoms with Crippen molar-refractivity contribution in [2.45, 2.75) is 70.6 Å². The number of nitrogens with zero attached hydrogens (tertiary/aromatic N) is 2. The summed E-state index contributed by atoms with van der Waals surface area (Å²) in [5.41, 5.74) is 0.714. The highest BCUT2D eigenvalue weighted by molar-refractivity contribution is 7.99. The molecule has 1 aliphatic heterocycles. The number of thioether (sulfide) groups is 1. The number of fused-ring (bicyclic) bond motifs is 1. The molecule has 35 heavy (non-hydrogen) atoms. The highest BCUT2D eigenvalue weighted by Crippen LogP contribution is 2.38. The number of nitrogens with one attached hydrogen (secondary N) is 1. The molecule has 4 rings (SSSR count). The minimum absolute atomic E-state index is 0.102. The molecule has 5 nitrogen and oxygen atoms in total. The molecular formula is C24H28F5N3O2S. The van der Waals surface area contributed by atoms with E-state index < -0.39 is 30.8 Å². The molecule has 1 aromatic carbocycles. The molecule has 1 amide bonds. The van der Waals surface area contributed by atoms with Crippen molar-refractivity contribution < 1.29 is 31.5 Å². The molecule has 1 aliphatic carbocycles. The number of halogens is 5. The van der Waals surface area contributed by atoms with Crippen molar-refractivity contribution in [1.82, 2.24) is 15.1 Å². The number of hydrogen-bond acceptors (Lipinski definition) is 4. The van der Waals surface area contributed by atoms with E-state index in [4.69, 9.17) is 0 Å². The van der Waals surface area contributed by atoms with Gasteiger partial charge in [-0.1, -0.05) is 0 Å². The third kappa shape index (κ3) is 5.59. The molecule has 0 spiro atoms. The molecule has 1 N–H and O–H groups in total. The fourth-order valence-electron chi connectivity index (χ4n) is 4.73. The van der Waals surface area contributed by atoms with Crippen LogP contribution in [-0.2, 0) is 17.6 Å². The first-order chi connectivity index (χ1) is 16.6. The quantitative estimate of drug-likeness (QED) is 0.484. The van der Waals surface area contributed by atoms with Crippen LogP contribution in [0.15, 0.2) is 18.2 Å². The Morgan fingerprint density at radius 1 is 1.26 bits per heavy atom. The maximum atomic E-state index is 14.7. The van der Waals surface area contributed by atoms with Crippen molar-refractivity contribution in [2.24, 2.45) is 5.92 Å². The summed E-state index contributed by atoms with van der Waals surface area (Å²) in [6.07, 6.45) is -0.0572. The lowest BCUT2D eigenvalue weighted by atomic mass is 9.84. The van der Waals surface area contributed by atoms with Gasteiger partial charge in [0.15, 0.2) is 0 Å². The van der Waals surface area contributed by atoms with Gasteiger partial charge in [-0.15, -0.1) is 0 Å². The summed E-state index contributed by atoms with van der Waals surface area (Å²) < 4.78 is 73.0. The number of benzene rings is 1. The summed E-state index contributed by atoms with van der Waals surface area (Å²) in [6.45, 7) is 0.235. The Labute approximate surface area is 204 Å². The maximum absolute atomic E-state index is 14.7. The lowest BCUT2D eigenvalue weighted by molar-refractivity contribution is -0.127. The van der Waals surface area contributed by atoms with Gasteiger partial charge in [-0.25, -0.2) is 13.2 Å². The summed E-state index contributed by atoms with van der Waals surface area (Å²) >= 11 is 1.85. The van der Waals surface area contributed by atoms with E-state index >= 15 is 0 Å². The number of alkyl halides is 4. The van der Waals surface area contributed by atoms with Crippen LogP contribution in [0.2, 0.25) is 0 Å². The van der Waals surface area contributed by atoms with Gasteiger partial charge in [-0.3, -0.25) is 9.48 Å². The average Bonchev–Trinajstić information content (AvgIpc) is 3.18. The number of hydrogen-bond donors (Lipinski definition) is 1. The van der Waals surface area contributed by atoms with Crippen LogP contribution in [0, 0.1) is 11.7 Å². The normalized spacial score (nSPS) is 20.5. The number of rotatable bonds is 7. The highest BCUT2D eigenvalue weighted by atomic mass is 32.2. The summed E-state index contributed by atoms with van der Waals surface area (Å²) in [7, 11) is 0. The molecule has 2 atom stereocenters. The predicted octanol–water partition coefficient (Wildman–Crippen LogP) is 5.62. The van der Waals surface area contributed by atoms with Crippen molar-refractivity contribution >= 4 is 17.7 Å². The summed E-state index contributed by atoms with van der Waals surface area (Å²) in [5, 5.41) is 7.47. The SMILES string of the molecule is CC(C(F)F)n1nc(-c2cc(OC(F)F)ccc2F)c2c1CC(C(=O)NC1(C)CCSCC1)CC2. The Hall–Kier alpha value is -2.30. The standard InChI is InChI=1S/C24H28F5N3O2S/c1-13(21(26)27)32-19-11-14(22(33)30-24(2)7-9-35-10-8-24)3-5-16(19)20(31-32)17-12-15(34-23(28)29)4-6-18(17)25/h4,6,12-14,21,23H,3,5,7-11H2,1-2H3,(H,30,33). The Kier molecular flexibility index (Phi) is 7.63. The minimum Gasteiger partial charge on any atom is -0.435 e. The van der Waals surface area contributed by atoms with Crippen LogP contribution < -0.4 is 10.1 Å². The van der Waals surface area contributed by atoms with Gasteiger partial charge in [0.2, 0.25) is 5.91 Å². The van der Waals surface area contributed by atoms with Gasteiger partial charge in [0.1, 0.15) is 17.6 Å². The number of carbonyl (C=O) groups excluding carboxylic acids is 1. The molecule has 1 fully saturated rings. The van der Waals surface area contributed by atoms with Crippen molar-refractivity contribution in [3.8, 4) is 17.0 Å². The molecule has 192 valence electrons. The molecule has 0 bridgehead atoms. The Morgan fingerprint density at radius 2 is 1.97 bits per heavy atom. The molecule has 2 aliphatic rings. The molecule has 2 unspecified atom stereocenters. The second kappa shape index (κ2) is 10.4. The van der Waals surface area contributed by atoms with Crippen LogP contribution in [0.3, 0.4) is 0 Å². The first-order valence-electron chi connectivity index (χ1n) is 11.6. The van der Waals surface area contributed by atoms with Crippen LogP contribution in [0.5, 0.6) is 5.75 Å². The zero-order valence-electron chi connectivity index (χ0n) is 19.5. The van der Waals surface area contributed by atoms with Crippen molar-refractivity contribution in [3.63, 3.8) is 0 Å². The van der Waals surface area contributed by atoms with Gasteiger partial charge in [0.25, 0.3) is 6.43 Å². The molecule has 0 saturated carbocycles. The number of carbonyl (C=O) groups is 1. The van der Waals surface area contributed by atoms with E-state index in [0.717, 1.165) is 47.2 Å². The topological polar surface area (TPSA) is 56.2 Å². The van der Waals surface area contributed by atoms with E-state index in [9.17, 15) is 26.7 Å². The van der Waals surface area contributed by atoms with Crippen molar-refractivity contribution in [3.05, 3.63) is 35.3 Å². The van der Waals surface area contributed by atoms with Gasteiger partial charge >= 0.3 is 6.61 Å². The molecule has 11 heteroatoms. The summed E-state index contributed by atoms with van der Waals surface area (Å²) in [6, 6.07) is 1.84. The van der Waals surface area contributed by atoms with Crippen LogP contribution in [-0.4, -0.2) is 45.8 Å². The van der Waals surface area contributed by atoms with E-state index in [2.05, 4.69) is 15.2 Å². The van der Waals surface area contributed by atoms with Gasteiger partial charge in [0.05, 0.1) is 5.69 Å². The summed E-state index contributed by atoms with van der Waals surface area (Å²) in [4.78, 5) is 13.1. The first kappa shape index (κ1) is 25.8. The van der Waals surface area contributed by atoms with E-state index in [-0.39, 0.29) is 34.9 Å². The van der Waals surface area contributed by atoms with Crippen LogP contribution in [0.25, 0.3) is 11.3 Å². The molecule has 0 radical (unpaired) electrons. The zero-order valence-corrected chi connectivity index (χ0v) is 20.3. The smallest absolute Gasteiger partial charge is 0.387 e. The van der Waals surface area contributed by atoms with Crippen LogP contribution in [0.4, 0.5) is 22.0 Å². The lowest BCUT2D eigenvalue weighted by Gasteiger charge is -2.36. The third-order valence-electron chi connectivity index (χ3n) is 6.86. The number of aromatic nitrogens is 2. The molecule has 1 aromatic heterocycles. The predicted molar refractivity (Wildman–Crippen MR) is 124 cm³/mol. The second-order valence-electron chi connectivity index (χ2n) is 9.42. The number of ether oxygens (including phenoxy) is 1. The monoisotopic (exact) mass is 517 g/mol. The summed E-state index contributed by atoms with van der Waals surface area (Å²) in [5.74, 6) is 0.393. The van der Waals surface area contributed by atoms with Crippen molar-refractivity contribution in [2.75, 3.05) is 11.5 Å². The van der Waals surface area contributed by atoms with E-state index in [1.807, 2.05) is 18.7 Å². The minimum atomic E-state index is -3.09. The average molecular weight is 518 g/mol. The van der Waals surface area contributed by atoms with Gasteiger partial charge < -0.3 is 10.1 Å². The Balaban J connectivity index is 1.67. The van der Waals surface area contributed by atoms with Crippen LogP contribution >= 0.6 is 11.8 Å². The van der Waals surface area contributed by atoms with E-state index in [1.165, 1.54) is 6.92 Å². The second-order valence-corrected chi connectivity index (χ2v) is 10.6. The Morgan fingerprint density at radius 3 is 2.63 bits per heavy atom. The lowest BCUT2D eigenvalue weighted by Crippen LogP contribution is -2.51. The molecule has 1 saturated heterocycles. The van der Waals surface area contributed by atoms with E-state index in [1.54, 1.807) is 0 Å². The third-order valence-corrected chi connectivity index (χ3v) is 7.85. The van der Waals surface area contributed by atoms with Gasteiger partial charge in [0, 0.05) is 34.7 Å². The van der Waals surface area contributed by atoms with Crippen LogP contribution in [0.1, 0.15) is 50.4 Å². The first-order valence-corrected chi connectivity index (χ1v) is 12.8. The van der Waals surface area contributed by atoms with Crippen molar-refractivity contribution in [1.29, 1.82) is 0 Å². The van der Waals surface area contributed by atoms with Gasteiger partial charge in [-0.2, -0.15) is 25.6 Å². The molecule has 2 aromatic rings. The molecule has 2 heterocycles. The molecular weight excluding hydrogens is 489 g/mol. The fraction of sp³-hybridized carbons (Fsp3) is 0.583. The Bertz CT molecular complexity index is 1070. The maximum Gasteiger partial charge on any atom is 0.387 e. The zero-order chi connectivity index (χ0) is 25.3. The largest absolute Gasteiger partial charge is 0.435 e. The highest BCUT2D eigenvalue weighted by Gasteiger charge is 2.36.